The Labute approximate surface area is 191 Å². The van der Waals surface area contributed by atoms with Crippen molar-refractivity contribution in [2.24, 2.45) is 0 Å². The van der Waals surface area contributed by atoms with E-state index in [1.54, 1.807) is 4.90 Å². The smallest absolute Gasteiger partial charge is 0.337 e. The number of aromatic nitrogens is 3. The lowest BCUT2D eigenvalue weighted by Crippen LogP contribution is -2.47. The normalized spacial score (nSPS) is 14.9. The lowest BCUT2D eigenvalue weighted by molar-refractivity contribution is -0.134. The van der Waals surface area contributed by atoms with Crippen LogP contribution in [0.15, 0.2) is 36.1 Å². The van der Waals surface area contributed by atoms with Gasteiger partial charge in [0, 0.05) is 31.7 Å². The first-order valence-electron chi connectivity index (χ1n) is 10.4. The van der Waals surface area contributed by atoms with Crippen molar-refractivity contribution in [2.75, 3.05) is 18.4 Å². The van der Waals surface area contributed by atoms with Gasteiger partial charge >= 0.3 is 12.2 Å². The summed E-state index contributed by atoms with van der Waals surface area (Å²) in [6.07, 6.45) is -1.48. The molecule has 0 radical (unpaired) electrons. The number of hydrogen-bond donors (Lipinski definition) is 2. The molecule has 4 rings (SSSR count). The number of halogens is 3. The monoisotopic (exact) mass is 478 g/mol. The Hall–Kier alpha value is -3.28. The third kappa shape index (κ3) is 5.95. The summed E-state index contributed by atoms with van der Waals surface area (Å²) in [5.74, 6) is 0.0242. The predicted octanol–water partition coefficient (Wildman–Crippen LogP) is 4.01. The maximum atomic E-state index is 12.9. The van der Waals surface area contributed by atoms with E-state index in [9.17, 15) is 22.8 Å². The molecule has 0 atom stereocenters. The first kappa shape index (κ1) is 22.9. The highest BCUT2D eigenvalue weighted by molar-refractivity contribution is 7.17. The van der Waals surface area contributed by atoms with Crippen LogP contribution in [0.2, 0.25) is 0 Å². The molecule has 1 aliphatic heterocycles. The molecule has 0 aliphatic carbocycles. The Morgan fingerprint density at radius 2 is 1.94 bits per heavy atom. The zero-order chi connectivity index (χ0) is 23.4. The van der Waals surface area contributed by atoms with E-state index < -0.39 is 18.6 Å². The van der Waals surface area contributed by atoms with Crippen molar-refractivity contribution in [1.29, 1.82) is 0 Å². The van der Waals surface area contributed by atoms with E-state index in [1.807, 2.05) is 11.4 Å². The second kappa shape index (κ2) is 9.69. The van der Waals surface area contributed by atoms with Crippen LogP contribution in [0, 0.1) is 0 Å². The number of carbonyl (C=O) groups is 2. The molecule has 0 bridgehead atoms. The van der Waals surface area contributed by atoms with Crippen molar-refractivity contribution < 1.29 is 22.8 Å². The van der Waals surface area contributed by atoms with Crippen LogP contribution in [0.5, 0.6) is 0 Å². The molecule has 3 aromatic heterocycles. The van der Waals surface area contributed by atoms with Crippen molar-refractivity contribution in [3.05, 3.63) is 47.4 Å². The molecule has 1 fully saturated rings. The molecule has 33 heavy (non-hydrogen) atoms. The van der Waals surface area contributed by atoms with E-state index in [1.165, 1.54) is 36.0 Å². The van der Waals surface area contributed by atoms with Gasteiger partial charge < -0.3 is 10.2 Å². The van der Waals surface area contributed by atoms with E-state index in [0.29, 0.717) is 37.2 Å². The number of nitrogens with one attached hydrogen (secondary N) is 2. The fraction of sp³-hybridized carbons (Fsp3) is 0.381. The van der Waals surface area contributed by atoms with Gasteiger partial charge in [0.15, 0.2) is 0 Å². The zero-order valence-corrected chi connectivity index (χ0v) is 18.2. The molecule has 0 saturated carbocycles. The molecular formula is C21H21F3N6O2S. The summed E-state index contributed by atoms with van der Waals surface area (Å²) < 4.78 is 38.0. The van der Waals surface area contributed by atoms with Gasteiger partial charge in [0.2, 0.25) is 0 Å². The fourth-order valence-electron chi connectivity index (χ4n) is 3.64. The number of likely N-dealkylation sites (tertiary alicyclic amines) is 1. The highest BCUT2D eigenvalue weighted by atomic mass is 32.1. The lowest BCUT2D eigenvalue weighted by atomic mass is 10.0. The number of nitrogens with zero attached hydrogens (tertiary/aromatic N) is 4. The molecule has 1 saturated heterocycles. The second-order valence-electron chi connectivity index (χ2n) is 7.69. The highest BCUT2D eigenvalue weighted by Gasteiger charge is 2.28. The van der Waals surface area contributed by atoms with Crippen LogP contribution in [-0.4, -0.2) is 57.1 Å². The van der Waals surface area contributed by atoms with Crippen LogP contribution in [0.25, 0.3) is 10.2 Å². The largest absolute Gasteiger partial charge is 0.389 e. The molecule has 0 unspecified atom stereocenters. The molecule has 1 aliphatic rings. The maximum absolute atomic E-state index is 12.9. The standard InChI is InChI=1S/C21H21F3N6O2S/c22-21(23,24)6-1-13-2-7-25-16(11-13)29-20(32)28-14-3-8-30(9-4-14)19(31)17-18-15(5-10-33-18)26-12-27-17/h2,5,7,10-12,14H,1,3-4,6,8-9H2,(H2,25,28,29,32). The minimum absolute atomic E-state index is 0.144. The first-order valence-corrected chi connectivity index (χ1v) is 11.2. The second-order valence-corrected chi connectivity index (χ2v) is 8.60. The number of amides is 3. The number of thiophene rings is 1. The predicted molar refractivity (Wildman–Crippen MR) is 117 cm³/mol. The zero-order valence-electron chi connectivity index (χ0n) is 17.4. The van der Waals surface area contributed by atoms with Crippen molar-refractivity contribution in [1.82, 2.24) is 25.2 Å². The van der Waals surface area contributed by atoms with Crippen LogP contribution in [0.1, 0.15) is 35.3 Å². The van der Waals surface area contributed by atoms with Gasteiger partial charge in [-0.3, -0.25) is 10.1 Å². The minimum Gasteiger partial charge on any atom is -0.337 e. The van der Waals surface area contributed by atoms with Crippen LogP contribution in [-0.2, 0) is 6.42 Å². The Bertz CT molecular complexity index is 1140. The number of hydrogen-bond acceptors (Lipinski definition) is 6. The number of pyridine rings is 1. The molecule has 0 spiro atoms. The van der Waals surface area contributed by atoms with Crippen LogP contribution < -0.4 is 10.6 Å². The summed E-state index contributed by atoms with van der Waals surface area (Å²) in [7, 11) is 0. The number of rotatable bonds is 5. The van der Waals surface area contributed by atoms with Gasteiger partial charge in [-0.1, -0.05) is 0 Å². The lowest BCUT2D eigenvalue weighted by Gasteiger charge is -2.32. The van der Waals surface area contributed by atoms with E-state index in [-0.39, 0.29) is 24.2 Å². The third-order valence-corrected chi connectivity index (χ3v) is 6.24. The van der Waals surface area contributed by atoms with Gasteiger partial charge in [0.25, 0.3) is 5.91 Å². The molecule has 174 valence electrons. The molecule has 12 heteroatoms. The van der Waals surface area contributed by atoms with Gasteiger partial charge in [0.1, 0.15) is 17.8 Å². The fourth-order valence-corrected chi connectivity index (χ4v) is 4.47. The number of fused-ring (bicyclic) bond motifs is 1. The SMILES string of the molecule is O=C(Nc1cc(CCC(F)(F)F)ccn1)NC1CCN(C(=O)c2ncnc3ccsc23)CC1. The van der Waals surface area contributed by atoms with Gasteiger partial charge in [-0.05, 0) is 48.4 Å². The van der Waals surface area contributed by atoms with E-state index in [4.69, 9.17) is 0 Å². The van der Waals surface area contributed by atoms with Crippen molar-refractivity contribution in [3.8, 4) is 0 Å². The summed E-state index contributed by atoms with van der Waals surface area (Å²) in [6, 6.07) is 4.13. The summed E-state index contributed by atoms with van der Waals surface area (Å²) in [6.45, 7) is 0.928. The highest BCUT2D eigenvalue weighted by Crippen LogP contribution is 2.24. The molecule has 0 aromatic carbocycles. The average Bonchev–Trinajstić information content (AvgIpc) is 3.26. The molecule has 2 N–H and O–H groups in total. The molecular weight excluding hydrogens is 457 g/mol. The summed E-state index contributed by atoms with van der Waals surface area (Å²) in [5, 5.41) is 7.27. The van der Waals surface area contributed by atoms with Crippen LogP contribution >= 0.6 is 11.3 Å². The topological polar surface area (TPSA) is 100 Å². The summed E-state index contributed by atoms with van der Waals surface area (Å²) >= 11 is 1.42. The van der Waals surface area contributed by atoms with Gasteiger partial charge in [-0.2, -0.15) is 13.2 Å². The van der Waals surface area contributed by atoms with Crippen molar-refractivity contribution in [3.63, 3.8) is 0 Å². The summed E-state index contributed by atoms with van der Waals surface area (Å²) in [4.78, 5) is 39.2. The molecule has 3 aromatic rings. The number of piperidine rings is 1. The maximum Gasteiger partial charge on any atom is 0.389 e. The minimum atomic E-state index is -4.24. The van der Waals surface area contributed by atoms with Gasteiger partial charge in [-0.15, -0.1) is 11.3 Å². The van der Waals surface area contributed by atoms with E-state index in [0.717, 1.165) is 10.2 Å². The first-order chi connectivity index (χ1) is 15.8. The molecule has 4 heterocycles. The van der Waals surface area contributed by atoms with E-state index >= 15 is 0 Å². The van der Waals surface area contributed by atoms with Crippen LogP contribution in [0.3, 0.4) is 0 Å². The van der Waals surface area contributed by atoms with Crippen LogP contribution in [0.4, 0.5) is 23.8 Å². The van der Waals surface area contributed by atoms with Gasteiger partial charge in [-0.25, -0.2) is 19.7 Å². The number of alkyl halides is 3. The Kier molecular flexibility index (Phi) is 6.72. The number of carbonyl (C=O) groups excluding carboxylic acids is 2. The quantitative estimate of drug-likeness (QED) is 0.577. The van der Waals surface area contributed by atoms with Crippen molar-refractivity contribution in [2.45, 2.75) is 37.9 Å². The molecule has 8 nitrogen and oxygen atoms in total. The molecule has 3 amide bonds. The Balaban J connectivity index is 1.27. The Morgan fingerprint density at radius 3 is 2.70 bits per heavy atom. The average molecular weight is 479 g/mol. The number of aryl methyl sites for hydroxylation is 1. The van der Waals surface area contributed by atoms with Crippen molar-refractivity contribution >= 4 is 39.3 Å². The number of urea groups is 1. The Morgan fingerprint density at radius 1 is 1.15 bits per heavy atom. The third-order valence-electron chi connectivity index (χ3n) is 5.33. The van der Waals surface area contributed by atoms with E-state index in [2.05, 4.69) is 25.6 Å². The van der Waals surface area contributed by atoms with Gasteiger partial charge in [0.05, 0.1) is 10.2 Å². The summed E-state index contributed by atoms with van der Waals surface area (Å²) in [5.41, 5.74) is 1.56. The number of anilines is 1.